The lowest BCUT2D eigenvalue weighted by molar-refractivity contribution is -0.167. The Morgan fingerprint density at radius 1 is 0.259 bits per heavy atom. The molecule has 0 spiro atoms. The molecule has 0 amide bonds. The lowest BCUT2D eigenvalue weighted by Crippen LogP contribution is -2.30. The Morgan fingerprint density at radius 3 is 0.753 bits per heavy atom. The first kappa shape index (κ1) is 77.1. The van der Waals surface area contributed by atoms with Crippen LogP contribution in [0, 0.1) is 0 Å². The van der Waals surface area contributed by atoms with Crippen molar-refractivity contribution in [3.63, 3.8) is 0 Å². The minimum atomic E-state index is -0.786. The van der Waals surface area contributed by atoms with E-state index in [4.69, 9.17) is 14.2 Å². The number of hydrogen-bond donors (Lipinski definition) is 0. The van der Waals surface area contributed by atoms with Crippen molar-refractivity contribution in [2.45, 2.75) is 335 Å². The number of ether oxygens (including phenoxy) is 3. The van der Waals surface area contributed by atoms with Crippen molar-refractivity contribution in [3.8, 4) is 0 Å². The van der Waals surface area contributed by atoms with Crippen LogP contribution in [-0.2, 0) is 28.6 Å². The molecule has 0 heterocycles. The van der Waals surface area contributed by atoms with Gasteiger partial charge in [0.05, 0.1) is 0 Å². The molecule has 0 saturated carbocycles. The largest absolute Gasteiger partial charge is 0.462 e. The van der Waals surface area contributed by atoms with Gasteiger partial charge in [-0.25, -0.2) is 0 Å². The molecule has 0 aliphatic heterocycles. The Hall–Kier alpha value is -3.93. The molecule has 6 heteroatoms. The third kappa shape index (κ3) is 66.8. The van der Waals surface area contributed by atoms with Crippen LogP contribution in [0.5, 0.6) is 0 Å². The molecule has 0 rings (SSSR count). The van der Waals surface area contributed by atoms with Crippen molar-refractivity contribution in [2.24, 2.45) is 0 Å². The van der Waals surface area contributed by atoms with E-state index in [0.29, 0.717) is 19.3 Å². The topological polar surface area (TPSA) is 78.9 Å². The Labute approximate surface area is 501 Å². The van der Waals surface area contributed by atoms with Gasteiger partial charge in [0.25, 0.3) is 0 Å². The maximum atomic E-state index is 12.9. The molecule has 0 aromatic rings. The summed E-state index contributed by atoms with van der Waals surface area (Å²) in [6.07, 6.45) is 94.2. The normalized spacial score (nSPS) is 12.8. The van der Waals surface area contributed by atoms with Crippen molar-refractivity contribution >= 4 is 17.9 Å². The number of carbonyl (C=O) groups is 3. The smallest absolute Gasteiger partial charge is 0.306 e. The van der Waals surface area contributed by atoms with E-state index in [1.54, 1.807) is 0 Å². The summed E-state index contributed by atoms with van der Waals surface area (Å²) < 4.78 is 16.9. The van der Waals surface area contributed by atoms with Crippen LogP contribution < -0.4 is 0 Å². The number of allylic oxidation sites excluding steroid dienone is 18. The van der Waals surface area contributed by atoms with Gasteiger partial charge in [-0.2, -0.15) is 0 Å². The van der Waals surface area contributed by atoms with Gasteiger partial charge in [-0.1, -0.05) is 316 Å². The zero-order chi connectivity index (χ0) is 58.5. The van der Waals surface area contributed by atoms with Gasteiger partial charge in [0, 0.05) is 19.3 Å². The predicted octanol–water partition coefficient (Wildman–Crippen LogP) is 23.8. The van der Waals surface area contributed by atoms with E-state index in [0.717, 1.165) is 135 Å². The van der Waals surface area contributed by atoms with Crippen LogP contribution in [0.25, 0.3) is 0 Å². The fourth-order valence-corrected chi connectivity index (χ4v) is 9.70. The van der Waals surface area contributed by atoms with Gasteiger partial charge in [0.2, 0.25) is 0 Å². The summed E-state index contributed by atoms with van der Waals surface area (Å²) in [5.74, 6) is -0.891. The zero-order valence-corrected chi connectivity index (χ0v) is 53.3. The Balaban J connectivity index is 4.12. The van der Waals surface area contributed by atoms with Crippen LogP contribution >= 0.6 is 0 Å². The maximum Gasteiger partial charge on any atom is 0.306 e. The molecule has 1 atom stereocenters. The van der Waals surface area contributed by atoms with Crippen LogP contribution in [-0.4, -0.2) is 37.2 Å². The van der Waals surface area contributed by atoms with Crippen LogP contribution in [0.1, 0.15) is 329 Å². The van der Waals surface area contributed by atoms with Crippen LogP contribution in [0.15, 0.2) is 109 Å². The van der Waals surface area contributed by atoms with Gasteiger partial charge in [-0.05, 0) is 103 Å². The average molecular weight is 1130 g/mol. The number of rotatable bonds is 62. The minimum absolute atomic E-state index is 0.0824. The van der Waals surface area contributed by atoms with Gasteiger partial charge < -0.3 is 14.2 Å². The second-order valence-electron chi connectivity index (χ2n) is 22.7. The highest BCUT2D eigenvalue weighted by Crippen LogP contribution is 2.17. The van der Waals surface area contributed by atoms with E-state index in [-0.39, 0.29) is 31.1 Å². The first-order valence-corrected chi connectivity index (χ1v) is 34.4. The first-order valence-electron chi connectivity index (χ1n) is 34.4. The minimum Gasteiger partial charge on any atom is -0.462 e. The van der Waals surface area contributed by atoms with Crippen molar-refractivity contribution in [3.05, 3.63) is 109 Å². The van der Waals surface area contributed by atoms with Crippen LogP contribution in [0.2, 0.25) is 0 Å². The fourth-order valence-electron chi connectivity index (χ4n) is 9.70. The SMILES string of the molecule is CC/C=C\C/C=C\C/C=C\C/C=C\C/C=C\CCCCCCCC(=O)OC(COC(=O)CCCCCCCCCCC)COC(=O)CCCCCCCCCCCCCCCCCCCCCC/C=C\C/C=C\C/C=C\C/C=C\CC. The highest BCUT2D eigenvalue weighted by Gasteiger charge is 2.19. The molecular weight excluding hydrogens is 997 g/mol. The monoisotopic (exact) mass is 1120 g/mol. The lowest BCUT2D eigenvalue weighted by Gasteiger charge is -2.18. The molecule has 0 saturated heterocycles. The average Bonchev–Trinajstić information content (AvgIpc) is 3.47. The van der Waals surface area contributed by atoms with Crippen molar-refractivity contribution in [2.75, 3.05) is 13.2 Å². The third-order valence-corrected chi connectivity index (χ3v) is 14.8. The Kier molecular flexibility index (Phi) is 65.2. The molecule has 1 unspecified atom stereocenters. The molecular formula is C75H128O6. The second-order valence-corrected chi connectivity index (χ2v) is 22.7. The first-order chi connectivity index (χ1) is 40.0. The summed E-state index contributed by atoms with van der Waals surface area (Å²) in [6, 6.07) is 0. The molecule has 0 bridgehead atoms. The molecule has 0 N–H and O–H groups in total. The van der Waals surface area contributed by atoms with E-state index < -0.39 is 6.10 Å². The standard InChI is InChI=1S/C75H128O6/c1-4-7-10-13-16-19-21-23-25-27-29-31-32-33-34-35-36-37-38-39-40-41-42-44-45-47-49-51-53-56-59-62-65-68-74(77)80-71-72(70-79-73(76)67-64-61-58-55-18-15-12-9-6-3)81-75(78)69-66-63-60-57-54-52-50-48-46-43-30-28-26-24-22-20-17-14-11-8-5-2/h7-8,10-11,16-17,19-20,23-26,29-31,43,48,50,72H,4-6,9,12-15,18,21-22,27-28,32-42,44-47,49,51-71H2,1-3H3/b10-7-,11-8-,19-16-,20-17-,25-23-,26-24-,31-29-,43-30-,50-48-. The molecule has 0 fully saturated rings. The number of hydrogen-bond acceptors (Lipinski definition) is 6. The second kappa shape index (κ2) is 68.6. The third-order valence-electron chi connectivity index (χ3n) is 14.8. The lowest BCUT2D eigenvalue weighted by atomic mass is 10.0. The van der Waals surface area contributed by atoms with Gasteiger partial charge in [-0.3, -0.25) is 14.4 Å². The van der Waals surface area contributed by atoms with Gasteiger partial charge in [0.15, 0.2) is 6.10 Å². The Bertz CT molecular complexity index is 1620. The van der Waals surface area contributed by atoms with Gasteiger partial charge >= 0.3 is 17.9 Å². The molecule has 0 aromatic heterocycles. The van der Waals surface area contributed by atoms with Crippen molar-refractivity contribution in [1.82, 2.24) is 0 Å². The molecule has 0 aliphatic rings. The molecule has 0 radical (unpaired) electrons. The summed E-state index contributed by atoms with van der Waals surface area (Å²) in [6.45, 7) is 6.41. The highest BCUT2D eigenvalue weighted by atomic mass is 16.6. The summed E-state index contributed by atoms with van der Waals surface area (Å²) in [5.41, 5.74) is 0. The predicted molar refractivity (Wildman–Crippen MR) is 353 cm³/mol. The summed E-state index contributed by atoms with van der Waals surface area (Å²) >= 11 is 0. The number of carbonyl (C=O) groups excluding carboxylic acids is 3. The fraction of sp³-hybridized carbons (Fsp3) is 0.720. The van der Waals surface area contributed by atoms with E-state index in [2.05, 4.69) is 130 Å². The summed E-state index contributed by atoms with van der Waals surface area (Å²) in [5, 5.41) is 0. The molecule has 81 heavy (non-hydrogen) atoms. The molecule has 464 valence electrons. The molecule has 0 aliphatic carbocycles. The van der Waals surface area contributed by atoms with Crippen molar-refractivity contribution < 1.29 is 28.6 Å². The van der Waals surface area contributed by atoms with Crippen LogP contribution in [0.4, 0.5) is 0 Å². The zero-order valence-electron chi connectivity index (χ0n) is 53.3. The number of esters is 3. The van der Waals surface area contributed by atoms with E-state index in [9.17, 15) is 14.4 Å². The molecule has 6 nitrogen and oxygen atoms in total. The molecule has 0 aromatic carbocycles. The van der Waals surface area contributed by atoms with Gasteiger partial charge in [-0.15, -0.1) is 0 Å². The van der Waals surface area contributed by atoms with Crippen LogP contribution in [0.3, 0.4) is 0 Å². The summed E-state index contributed by atoms with van der Waals surface area (Å²) in [4.78, 5) is 38.2. The quantitative estimate of drug-likeness (QED) is 0.0261. The van der Waals surface area contributed by atoms with Gasteiger partial charge in [0.1, 0.15) is 13.2 Å². The van der Waals surface area contributed by atoms with E-state index in [1.165, 1.54) is 154 Å². The highest BCUT2D eigenvalue weighted by molar-refractivity contribution is 5.71. The van der Waals surface area contributed by atoms with Crippen molar-refractivity contribution in [1.29, 1.82) is 0 Å². The van der Waals surface area contributed by atoms with E-state index >= 15 is 0 Å². The number of unbranched alkanes of at least 4 members (excludes halogenated alkanes) is 33. The summed E-state index contributed by atoms with van der Waals surface area (Å²) in [7, 11) is 0. The Morgan fingerprint density at radius 2 is 0.481 bits per heavy atom. The maximum absolute atomic E-state index is 12.9. The van der Waals surface area contributed by atoms with E-state index in [1.807, 2.05) is 0 Å².